The van der Waals surface area contributed by atoms with Gasteiger partial charge >= 0.3 is 0 Å². The summed E-state index contributed by atoms with van der Waals surface area (Å²) in [5.74, 6) is -2.67. The molecule has 8 heteroatoms. The molecular formula is C14H7ClN4O2S. The third kappa shape index (κ3) is 2.39. The summed E-state index contributed by atoms with van der Waals surface area (Å²) in [5, 5.41) is 10.3. The molecule has 3 rings (SSSR count). The maximum atomic E-state index is 12.5. The van der Waals surface area contributed by atoms with E-state index in [1.807, 2.05) is 0 Å². The van der Waals surface area contributed by atoms with Crippen LogP contribution in [0.5, 0.6) is 0 Å². The number of halogens is 1. The van der Waals surface area contributed by atoms with Crippen molar-refractivity contribution in [2.75, 3.05) is 0 Å². The number of rotatable bonds is 4. The molecule has 6 nitrogen and oxygen atoms in total. The molecule has 0 fully saturated rings. The molecule has 0 aliphatic carbocycles. The van der Waals surface area contributed by atoms with Crippen LogP contribution in [0.2, 0.25) is 5.02 Å². The minimum Gasteiger partial charge on any atom is -0.360 e. The first kappa shape index (κ1) is 14.4. The molecule has 2 heterocycles. The average molecular weight is 331 g/mol. The highest BCUT2D eigenvalue weighted by atomic mass is 35.5. The monoisotopic (exact) mass is 330 g/mol. The summed E-state index contributed by atoms with van der Waals surface area (Å²) in [6.07, 6.45) is 2.72. The average Bonchev–Trinajstić information content (AvgIpc) is 3.16. The lowest BCUT2D eigenvalue weighted by atomic mass is 9.93. The lowest BCUT2D eigenvalue weighted by molar-refractivity contribution is 0.0844. The summed E-state index contributed by atoms with van der Waals surface area (Å²) < 4.78 is 7.48. The fourth-order valence-electron chi connectivity index (χ4n) is 2.12. The molecule has 1 N–H and O–H groups in total. The normalized spacial score (nSPS) is 12.0. The van der Waals surface area contributed by atoms with E-state index in [1.165, 1.54) is 12.4 Å². The van der Waals surface area contributed by atoms with Crippen molar-refractivity contribution in [2.45, 2.75) is 0 Å². The van der Waals surface area contributed by atoms with Crippen LogP contribution in [0.15, 0.2) is 30.6 Å². The molecule has 108 valence electrons. The van der Waals surface area contributed by atoms with Crippen molar-refractivity contribution in [1.29, 1.82) is 5.26 Å². The number of carbonyl (C=O) groups is 2. The van der Waals surface area contributed by atoms with Gasteiger partial charge in [0.05, 0.1) is 24.0 Å². The minimum atomic E-state index is -1.45. The lowest BCUT2D eigenvalue weighted by Crippen LogP contribution is -2.23. The number of H-pyrrole nitrogens is 1. The first-order valence-electron chi connectivity index (χ1n) is 6.14. The van der Waals surface area contributed by atoms with Gasteiger partial charge in [0.25, 0.3) is 0 Å². The van der Waals surface area contributed by atoms with Crippen molar-refractivity contribution in [2.24, 2.45) is 5.92 Å². The Kier molecular flexibility index (Phi) is 3.71. The van der Waals surface area contributed by atoms with Gasteiger partial charge in [0.15, 0.2) is 11.7 Å². The molecular weight excluding hydrogens is 324 g/mol. The van der Waals surface area contributed by atoms with Gasteiger partial charge in [-0.3, -0.25) is 9.59 Å². The van der Waals surface area contributed by atoms with Gasteiger partial charge in [0.1, 0.15) is 5.69 Å². The van der Waals surface area contributed by atoms with Crippen LogP contribution < -0.4 is 0 Å². The first-order chi connectivity index (χ1) is 10.6. The topological polar surface area (TPSA) is 99.5 Å². The van der Waals surface area contributed by atoms with Crippen molar-refractivity contribution in [3.05, 3.63) is 46.9 Å². The number of benzene rings is 1. The summed E-state index contributed by atoms with van der Waals surface area (Å²) >= 11 is 6.74. The van der Waals surface area contributed by atoms with E-state index in [0.29, 0.717) is 15.9 Å². The summed E-state index contributed by atoms with van der Waals surface area (Å²) in [5.41, 5.74) is 0.956. The minimum absolute atomic E-state index is 0.0211. The molecule has 0 aliphatic rings. The van der Waals surface area contributed by atoms with E-state index in [9.17, 15) is 14.9 Å². The van der Waals surface area contributed by atoms with Crippen molar-refractivity contribution >= 4 is 45.8 Å². The van der Waals surface area contributed by atoms with Gasteiger partial charge in [-0.2, -0.15) is 14.0 Å². The molecule has 0 amide bonds. The number of ketones is 2. The molecule has 0 aliphatic heterocycles. The first-order valence-corrected chi connectivity index (χ1v) is 7.25. The Hall–Kier alpha value is -2.56. The fraction of sp³-hybridized carbons (Fsp3) is 0.0714. The van der Waals surface area contributed by atoms with Crippen LogP contribution in [0.4, 0.5) is 0 Å². The second-order valence-electron chi connectivity index (χ2n) is 4.48. The highest BCUT2D eigenvalue weighted by molar-refractivity contribution is 6.99. The summed E-state index contributed by atoms with van der Waals surface area (Å²) in [6.45, 7) is 0. The van der Waals surface area contributed by atoms with Crippen LogP contribution in [0.1, 0.15) is 20.8 Å². The van der Waals surface area contributed by atoms with E-state index in [1.54, 1.807) is 24.3 Å². The molecule has 0 unspecified atom stereocenters. The predicted molar refractivity (Wildman–Crippen MR) is 81.0 cm³/mol. The number of fused-ring (bicyclic) bond motifs is 1. The van der Waals surface area contributed by atoms with Gasteiger partial charge in [-0.05, 0) is 12.1 Å². The Labute approximate surface area is 133 Å². The number of nitrogens with one attached hydrogen (secondary N) is 1. The molecule has 0 saturated heterocycles. The van der Waals surface area contributed by atoms with E-state index < -0.39 is 17.5 Å². The Morgan fingerprint density at radius 2 is 2.18 bits per heavy atom. The third-order valence-corrected chi connectivity index (χ3v) is 3.89. The number of hydrogen-bond acceptors (Lipinski definition) is 6. The maximum absolute atomic E-state index is 12.5. The molecule has 0 spiro atoms. The molecule has 2 aromatic heterocycles. The van der Waals surface area contributed by atoms with Gasteiger partial charge in [-0.1, -0.05) is 17.7 Å². The second-order valence-corrected chi connectivity index (χ2v) is 5.47. The van der Waals surface area contributed by atoms with E-state index >= 15 is 0 Å². The fourth-order valence-corrected chi connectivity index (χ4v) is 2.71. The molecule has 1 atom stereocenters. The van der Waals surface area contributed by atoms with Gasteiger partial charge in [0, 0.05) is 27.7 Å². The van der Waals surface area contributed by atoms with Gasteiger partial charge in [-0.15, -0.1) is 0 Å². The van der Waals surface area contributed by atoms with Crippen LogP contribution >= 0.6 is 23.3 Å². The van der Waals surface area contributed by atoms with Crippen molar-refractivity contribution in [1.82, 2.24) is 13.7 Å². The van der Waals surface area contributed by atoms with Crippen LogP contribution in [0.3, 0.4) is 0 Å². The molecule has 1 aromatic carbocycles. The zero-order valence-electron chi connectivity index (χ0n) is 10.9. The second kappa shape index (κ2) is 5.67. The highest BCUT2D eigenvalue weighted by Gasteiger charge is 2.31. The quantitative estimate of drug-likeness (QED) is 0.585. The highest BCUT2D eigenvalue weighted by Crippen LogP contribution is 2.25. The lowest BCUT2D eigenvalue weighted by Gasteiger charge is -2.04. The standard InChI is InChI=1S/C14H7ClN4O2S/c15-7-1-2-8-10(5-17-11(8)3-7)13(20)9(4-16)14(21)12-6-18-22-19-12/h1-3,5-6,9,17H/t9-/m1/s1. The number of aromatic nitrogens is 3. The van der Waals surface area contributed by atoms with Gasteiger partial charge < -0.3 is 4.98 Å². The number of aromatic amines is 1. The number of nitriles is 1. The maximum Gasteiger partial charge on any atom is 0.208 e. The van der Waals surface area contributed by atoms with E-state index in [0.717, 1.165) is 11.7 Å². The number of nitrogens with zero attached hydrogens (tertiary/aromatic N) is 3. The smallest absolute Gasteiger partial charge is 0.208 e. The van der Waals surface area contributed by atoms with E-state index in [-0.39, 0.29) is 11.3 Å². The number of Topliss-reactive ketones (excluding diaryl/α,β-unsaturated/α-hetero) is 2. The van der Waals surface area contributed by atoms with Crippen LogP contribution in [0.25, 0.3) is 10.9 Å². The van der Waals surface area contributed by atoms with Crippen molar-refractivity contribution < 1.29 is 9.59 Å². The molecule has 0 saturated carbocycles. The Balaban J connectivity index is 2.01. The van der Waals surface area contributed by atoms with Crippen LogP contribution in [-0.4, -0.2) is 25.3 Å². The largest absolute Gasteiger partial charge is 0.360 e. The van der Waals surface area contributed by atoms with Crippen LogP contribution in [0, 0.1) is 17.2 Å². The van der Waals surface area contributed by atoms with Gasteiger partial charge in [-0.25, -0.2) is 0 Å². The molecule has 0 bridgehead atoms. The SMILES string of the molecule is N#C[C@@H](C(=O)c1cnsn1)C(=O)c1c[nH]c2cc(Cl)ccc12. The molecule has 22 heavy (non-hydrogen) atoms. The van der Waals surface area contributed by atoms with Crippen molar-refractivity contribution in [3.63, 3.8) is 0 Å². The number of carbonyl (C=O) groups excluding carboxylic acids is 2. The summed E-state index contributed by atoms with van der Waals surface area (Å²) in [7, 11) is 0. The predicted octanol–water partition coefficient (Wildman–Crippen LogP) is 2.88. The Morgan fingerprint density at radius 3 is 2.86 bits per heavy atom. The Morgan fingerprint density at radius 1 is 1.36 bits per heavy atom. The Bertz CT molecular complexity index is 911. The van der Waals surface area contributed by atoms with Crippen molar-refractivity contribution in [3.8, 4) is 6.07 Å². The molecule has 0 radical (unpaired) electrons. The van der Waals surface area contributed by atoms with E-state index in [2.05, 4.69) is 13.7 Å². The summed E-state index contributed by atoms with van der Waals surface area (Å²) in [4.78, 5) is 27.6. The zero-order chi connectivity index (χ0) is 15.7. The summed E-state index contributed by atoms with van der Waals surface area (Å²) in [6, 6.07) is 6.73. The van der Waals surface area contributed by atoms with E-state index in [4.69, 9.17) is 11.6 Å². The molecule has 3 aromatic rings. The number of hydrogen-bond donors (Lipinski definition) is 1. The van der Waals surface area contributed by atoms with Crippen LogP contribution in [-0.2, 0) is 0 Å². The van der Waals surface area contributed by atoms with Gasteiger partial charge in [0.2, 0.25) is 5.78 Å². The third-order valence-electron chi connectivity index (χ3n) is 3.18. The zero-order valence-corrected chi connectivity index (χ0v) is 12.5.